The molecule has 3 aromatic carbocycles. The van der Waals surface area contributed by atoms with Crippen LogP contribution >= 0.6 is 0 Å². The summed E-state index contributed by atoms with van der Waals surface area (Å²) in [5.41, 5.74) is 1.10. The molecule has 0 bridgehead atoms. The molecule has 1 N–H and O–H groups in total. The van der Waals surface area contributed by atoms with E-state index in [-0.39, 0.29) is 17.3 Å². The molecule has 5 rings (SSSR count). The second-order valence-corrected chi connectivity index (χ2v) is 9.56. The lowest BCUT2D eigenvalue weighted by Crippen LogP contribution is -2.51. The summed E-state index contributed by atoms with van der Waals surface area (Å²) in [6.45, 7) is 6.36. The van der Waals surface area contributed by atoms with E-state index in [0.717, 1.165) is 17.9 Å². The number of halogens is 2. The summed E-state index contributed by atoms with van der Waals surface area (Å²) in [6, 6.07) is 17.1. The maximum absolute atomic E-state index is 14.0. The number of carbonyl (C=O) groups excluding carboxylic acids is 1. The fourth-order valence-electron chi connectivity index (χ4n) is 5.11. The number of hydrogen-bond acceptors (Lipinski definition) is 5. The number of nitrogens with one attached hydrogen (secondary N) is 1. The third-order valence-electron chi connectivity index (χ3n) is 7.11. The van der Waals surface area contributed by atoms with E-state index in [0.29, 0.717) is 61.6 Å². The normalized spacial score (nSPS) is 14.8. The summed E-state index contributed by atoms with van der Waals surface area (Å²) in [5.74, 6) is -0.188. The number of amides is 2. The Balaban J connectivity index is 1.41. The maximum Gasteiger partial charge on any atom is 0.322 e. The monoisotopic (exact) mass is 547 g/mol. The number of ether oxygens (including phenoxy) is 1. The van der Waals surface area contributed by atoms with Crippen LogP contribution < -0.4 is 15.6 Å². The molecule has 1 unspecified atom stereocenters. The number of nitrogens with zero attached hydrogens (tertiary/aromatic N) is 4. The van der Waals surface area contributed by atoms with E-state index in [1.807, 2.05) is 56.3 Å². The Morgan fingerprint density at radius 3 is 2.40 bits per heavy atom. The predicted octanol–water partition coefficient (Wildman–Crippen LogP) is 5.36. The van der Waals surface area contributed by atoms with Crippen molar-refractivity contribution in [3.63, 3.8) is 0 Å². The smallest absolute Gasteiger partial charge is 0.322 e. The van der Waals surface area contributed by atoms with Crippen molar-refractivity contribution in [2.75, 3.05) is 38.1 Å². The first-order chi connectivity index (χ1) is 19.4. The third kappa shape index (κ3) is 5.53. The van der Waals surface area contributed by atoms with Crippen molar-refractivity contribution < 1.29 is 18.3 Å². The van der Waals surface area contributed by atoms with Gasteiger partial charge in [-0.2, -0.15) is 0 Å². The van der Waals surface area contributed by atoms with Gasteiger partial charge in [-0.05, 0) is 61.9 Å². The Kier molecular flexibility index (Phi) is 8.06. The summed E-state index contributed by atoms with van der Waals surface area (Å²) < 4.78 is 34.5. The first kappa shape index (κ1) is 27.3. The number of rotatable bonds is 7. The first-order valence-corrected chi connectivity index (χ1v) is 13.4. The van der Waals surface area contributed by atoms with Gasteiger partial charge >= 0.3 is 6.03 Å². The Morgan fingerprint density at radius 1 is 1.00 bits per heavy atom. The minimum atomic E-state index is -0.826. The number of piperazine rings is 1. The van der Waals surface area contributed by atoms with Crippen molar-refractivity contribution >= 4 is 22.6 Å². The SMILES string of the molecule is CCOc1ccc(-n2c(C(CC)N3CCN(C(=O)Nc4ccc(F)cc4F)CC3)nc3ccccc3c2=O)cc1. The minimum absolute atomic E-state index is 0.0694. The molecule has 1 aromatic heterocycles. The topological polar surface area (TPSA) is 79.7 Å². The molecule has 208 valence electrons. The fourth-order valence-corrected chi connectivity index (χ4v) is 5.11. The average Bonchev–Trinajstić information content (AvgIpc) is 2.96. The molecule has 0 saturated carbocycles. The van der Waals surface area contributed by atoms with Crippen LogP contribution in [0.25, 0.3) is 16.6 Å². The largest absolute Gasteiger partial charge is 0.494 e. The molecule has 40 heavy (non-hydrogen) atoms. The van der Waals surface area contributed by atoms with Crippen molar-refractivity contribution in [3.8, 4) is 11.4 Å². The summed E-state index contributed by atoms with van der Waals surface area (Å²) in [6.07, 6.45) is 0.689. The zero-order valence-electron chi connectivity index (χ0n) is 22.4. The van der Waals surface area contributed by atoms with Crippen molar-refractivity contribution in [3.05, 3.63) is 94.5 Å². The minimum Gasteiger partial charge on any atom is -0.494 e. The highest BCUT2D eigenvalue weighted by atomic mass is 19.1. The molecule has 10 heteroatoms. The van der Waals surface area contributed by atoms with Crippen molar-refractivity contribution in [1.29, 1.82) is 0 Å². The predicted molar refractivity (Wildman–Crippen MR) is 150 cm³/mol. The lowest BCUT2D eigenvalue weighted by atomic mass is 10.1. The lowest BCUT2D eigenvalue weighted by Gasteiger charge is -2.39. The van der Waals surface area contributed by atoms with Crippen LogP contribution in [0.2, 0.25) is 0 Å². The van der Waals surface area contributed by atoms with Crippen LogP contribution in [0.5, 0.6) is 5.75 Å². The van der Waals surface area contributed by atoms with Crippen LogP contribution in [-0.2, 0) is 0 Å². The highest BCUT2D eigenvalue weighted by molar-refractivity contribution is 5.89. The van der Waals surface area contributed by atoms with Crippen LogP contribution in [0.3, 0.4) is 0 Å². The van der Waals surface area contributed by atoms with E-state index < -0.39 is 17.7 Å². The summed E-state index contributed by atoms with van der Waals surface area (Å²) in [7, 11) is 0. The molecule has 0 radical (unpaired) electrons. The second-order valence-electron chi connectivity index (χ2n) is 9.56. The van der Waals surface area contributed by atoms with Gasteiger partial charge in [-0.3, -0.25) is 14.3 Å². The number of para-hydroxylation sites is 1. The zero-order chi connectivity index (χ0) is 28.2. The molecular formula is C30H31F2N5O3. The highest BCUT2D eigenvalue weighted by Gasteiger charge is 2.30. The van der Waals surface area contributed by atoms with E-state index in [2.05, 4.69) is 10.2 Å². The maximum atomic E-state index is 14.0. The van der Waals surface area contributed by atoms with Crippen molar-refractivity contribution in [2.24, 2.45) is 0 Å². The molecular weight excluding hydrogens is 516 g/mol. The molecule has 1 saturated heterocycles. The van der Waals surface area contributed by atoms with Gasteiger partial charge in [0.25, 0.3) is 5.56 Å². The molecule has 0 spiro atoms. The number of carbonyl (C=O) groups is 1. The molecule has 1 aliphatic heterocycles. The van der Waals surface area contributed by atoms with E-state index in [4.69, 9.17) is 9.72 Å². The summed E-state index contributed by atoms with van der Waals surface area (Å²) in [5, 5.41) is 3.06. The Labute approximate surface area is 230 Å². The molecule has 1 aliphatic rings. The Bertz CT molecular complexity index is 1570. The van der Waals surface area contributed by atoms with Crippen LogP contribution in [0.4, 0.5) is 19.3 Å². The van der Waals surface area contributed by atoms with Crippen LogP contribution in [0.1, 0.15) is 32.1 Å². The van der Waals surface area contributed by atoms with Gasteiger partial charge in [0.1, 0.15) is 23.2 Å². The standard InChI is InChI=1S/C30H31F2N5O3/c1-3-27(35-15-17-36(18-16-35)30(39)34-26-14-9-20(31)19-24(26)32)28-33-25-8-6-5-7-23(25)29(38)37(28)21-10-12-22(13-11-21)40-4-2/h5-14,19,27H,3-4,15-18H2,1-2H3,(H,34,39). The van der Waals surface area contributed by atoms with Gasteiger partial charge in [-0.1, -0.05) is 19.1 Å². The van der Waals surface area contributed by atoms with Gasteiger partial charge in [-0.15, -0.1) is 0 Å². The third-order valence-corrected chi connectivity index (χ3v) is 7.11. The van der Waals surface area contributed by atoms with Gasteiger partial charge in [0, 0.05) is 32.2 Å². The molecule has 4 aromatic rings. The van der Waals surface area contributed by atoms with Gasteiger partial charge in [0.05, 0.1) is 34.9 Å². The molecule has 0 aliphatic carbocycles. The molecule has 8 nitrogen and oxygen atoms in total. The quantitative estimate of drug-likeness (QED) is 0.337. The van der Waals surface area contributed by atoms with E-state index in [1.165, 1.54) is 6.07 Å². The summed E-state index contributed by atoms with van der Waals surface area (Å²) >= 11 is 0. The van der Waals surface area contributed by atoms with Crippen molar-refractivity contribution in [2.45, 2.75) is 26.3 Å². The van der Waals surface area contributed by atoms with E-state index in [1.54, 1.807) is 15.5 Å². The Hall–Kier alpha value is -4.31. The second kappa shape index (κ2) is 11.8. The molecule has 2 amide bonds. The number of anilines is 1. The van der Waals surface area contributed by atoms with Gasteiger partial charge in [-0.25, -0.2) is 18.6 Å². The number of hydrogen-bond donors (Lipinski definition) is 1. The average molecular weight is 548 g/mol. The number of fused-ring (bicyclic) bond motifs is 1. The molecule has 1 atom stereocenters. The van der Waals surface area contributed by atoms with Gasteiger partial charge in [0.15, 0.2) is 0 Å². The fraction of sp³-hybridized carbons (Fsp3) is 0.300. The lowest BCUT2D eigenvalue weighted by molar-refractivity contribution is 0.106. The molecule has 2 heterocycles. The van der Waals surface area contributed by atoms with Crippen LogP contribution in [-0.4, -0.2) is 58.2 Å². The van der Waals surface area contributed by atoms with Crippen molar-refractivity contribution in [1.82, 2.24) is 19.4 Å². The van der Waals surface area contributed by atoms with E-state index in [9.17, 15) is 18.4 Å². The number of benzene rings is 3. The number of urea groups is 1. The van der Waals surface area contributed by atoms with Crippen LogP contribution in [0, 0.1) is 11.6 Å². The Morgan fingerprint density at radius 2 is 1.73 bits per heavy atom. The van der Waals surface area contributed by atoms with Gasteiger partial charge < -0.3 is 15.0 Å². The number of aromatic nitrogens is 2. The van der Waals surface area contributed by atoms with Crippen LogP contribution in [0.15, 0.2) is 71.5 Å². The first-order valence-electron chi connectivity index (χ1n) is 13.4. The zero-order valence-corrected chi connectivity index (χ0v) is 22.4. The van der Waals surface area contributed by atoms with E-state index >= 15 is 0 Å². The highest BCUT2D eigenvalue weighted by Crippen LogP contribution is 2.28. The molecule has 1 fully saturated rings. The summed E-state index contributed by atoms with van der Waals surface area (Å²) in [4.78, 5) is 35.4. The van der Waals surface area contributed by atoms with Gasteiger partial charge in [0.2, 0.25) is 0 Å².